The molecule has 5 rings (SSSR count). The molecule has 3 heterocycles. The van der Waals surface area contributed by atoms with Gasteiger partial charge in [0.05, 0.1) is 12.2 Å². The van der Waals surface area contributed by atoms with Gasteiger partial charge in [0.25, 0.3) is 0 Å². The molecule has 0 bridgehead atoms. The van der Waals surface area contributed by atoms with Crippen LogP contribution in [-0.4, -0.2) is 21.1 Å². The lowest BCUT2D eigenvalue weighted by atomic mass is 9.96. The Labute approximate surface area is 181 Å². The van der Waals surface area contributed by atoms with Gasteiger partial charge >= 0.3 is 6.36 Å². The molecule has 1 aliphatic rings. The van der Waals surface area contributed by atoms with Crippen LogP contribution in [-0.2, 0) is 0 Å². The number of halogens is 3. The number of hydrogen-bond acceptors (Lipinski definition) is 5. The van der Waals surface area contributed by atoms with E-state index in [4.69, 9.17) is 10.2 Å². The Morgan fingerprint density at radius 3 is 2.66 bits per heavy atom. The zero-order valence-corrected chi connectivity index (χ0v) is 17.1. The van der Waals surface area contributed by atoms with Crippen molar-refractivity contribution >= 4 is 16.8 Å². The highest BCUT2D eigenvalue weighted by atomic mass is 19.4. The second kappa shape index (κ2) is 7.89. The van der Waals surface area contributed by atoms with Crippen molar-refractivity contribution in [3.05, 3.63) is 48.9 Å². The molecule has 0 amide bonds. The summed E-state index contributed by atoms with van der Waals surface area (Å²) in [5, 5.41) is 5.28. The molecule has 0 aliphatic heterocycles. The lowest BCUT2D eigenvalue weighted by Gasteiger charge is -2.21. The van der Waals surface area contributed by atoms with Crippen LogP contribution >= 0.6 is 0 Å². The number of hydrogen-bond donors (Lipinski definition) is 1. The summed E-state index contributed by atoms with van der Waals surface area (Å²) < 4.78 is 49.7. The zero-order chi connectivity index (χ0) is 22.3. The van der Waals surface area contributed by atoms with Gasteiger partial charge in [-0.05, 0) is 31.0 Å². The van der Waals surface area contributed by atoms with Crippen molar-refractivity contribution in [3.63, 3.8) is 0 Å². The topological polar surface area (TPSA) is 79.1 Å². The minimum atomic E-state index is -4.77. The standard InChI is InChI=1S/C23H21F3N4O2/c24-23(25,26)32-17-8-4-5-14(9-17)20-10-18-19(12-28-22(27)21(18)31-20)15-11-29-30(13-15)16-6-2-1-3-7-16/h4-5,8-13,16H,1-3,6-7H2,(H2,27,28). The quantitative estimate of drug-likeness (QED) is 0.399. The number of ether oxygens (including phenoxy) is 1. The fourth-order valence-corrected chi connectivity index (χ4v) is 4.28. The molecule has 1 aromatic carbocycles. The molecule has 0 saturated heterocycles. The van der Waals surface area contributed by atoms with Gasteiger partial charge in [-0.2, -0.15) is 5.10 Å². The van der Waals surface area contributed by atoms with Crippen LogP contribution in [0, 0.1) is 0 Å². The van der Waals surface area contributed by atoms with Crippen LogP contribution in [0.5, 0.6) is 5.75 Å². The van der Waals surface area contributed by atoms with Gasteiger partial charge < -0.3 is 14.9 Å². The summed E-state index contributed by atoms with van der Waals surface area (Å²) in [5.41, 5.74) is 8.53. The monoisotopic (exact) mass is 442 g/mol. The van der Waals surface area contributed by atoms with Gasteiger partial charge in [0.2, 0.25) is 0 Å². The summed E-state index contributed by atoms with van der Waals surface area (Å²) in [6, 6.07) is 7.78. The fourth-order valence-electron chi connectivity index (χ4n) is 4.28. The molecular weight excluding hydrogens is 421 g/mol. The summed E-state index contributed by atoms with van der Waals surface area (Å²) in [4.78, 5) is 4.25. The van der Waals surface area contributed by atoms with Crippen LogP contribution < -0.4 is 10.5 Å². The molecule has 0 radical (unpaired) electrons. The second-order valence-corrected chi connectivity index (χ2v) is 7.99. The van der Waals surface area contributed by atoms with Crippen molar-refractivity contribution < 1.29 is 22.3 Å². The van der Waals surface area contributed by atoms with Crippen LogP contribution in [0.15, 0.2) is 53.3 Å². The van der Waals surface area contributed by atoms with Gasteiger partial charge in [0, 0.05) is 34.5 Å². The van der Waals surface area contributed by atoms with Gasteiger partial charge in [-0.15, -0.1) is 13.2 Å². The first-order chi connectivity index (χ1) is 15.4. The SMILES string of the molecule is Nc1ncc(-c2cnn(C3CCCCC3)c2)c2cc(-c3cccc(OC(F)(F)F)c3)oc12. The number of nitrogen functional groups attached to an aromatic ring is 1. The van der Waals surface area contributed by atoms with Gasteiger partial charge in [0.1, 0.15) is 11.5 Å². The number of aromatic nitrogens is 3. The summed E-state index contributed by atoms with van der Waals surface area (Å²) in [6.07, 6.45) is 6.60. The average molecular weight is 442 g/mol. The second-order valence-electron chi connectivity index (χ2n) is 7.99. The Balaban J connectivity index is 1.53. The molecule has 0 atom stereocenters. The highest BCUT2D eigenvalue weighted by molar-refractivity contribution is 6.00. The third kappa shape index (κ3) is 4.02. The van der Waals surface area contributed by atoms with Crippen molar-refractivity contribution in [3.8, 4) is 28.2 Å². The number of nitrogens with zero attached hydrogens (tertiary/aromatic N) is 3. The van der Waals surface area contributed by atoms with Crippen molar-refractivity contribution in [1.82, 2.24) is 14.8 Å². The normalized spacial score (nSPS) is 15.3. The summed E-state index contributed by atoms with van der Waals surface area (Å²) in [6.45, 7) is 0. The minimum absolute atomic E-state index is 0.206. The van der Waals surface area contributed by atoms with Crippen molar-refractivity contribution in [1.29, 1.82) is 0 Å². The van der Waals surface area contributed by atoms with E-state index in [1.54, 1.807) is 24.5 Å². The molecule has 2 N–H and O–H groups in total. The highest BCUT2D eigenvalue weighted by Gasteiger charge is 2.31. The largest absolute Gasteiger partial charge is 0.573 e. The van der Waals surface area contributed by atoms with E-state index in [0.717, 1.165) is 29.4 Å². The third-order valence-corrected chi connectivity index (χ3v) is 5.80. The number of nitrogens with two attached hydrogens (primary N) is 1. The number of alkyl halides is 3. The molecule has 0 unspecified atom stereocenters. The first-order valence-electron chi connectivity index (χ1n) is 10.5. The number of fused-ring (bicyclic) bond motifs is 1. The van der Waals surface area contributed by atoms with Gasteiger partial charge in [-0.1, -0.05) is 31.4 Å². The maximum atomic E-state index is 12.6. The molecule has 1 saturated carbocycles. The van der Waals surface area contributed by atoms with Crippen LogP contribution in [0.2, 0.25) is 0 Å². The Hall–Kier alpha value is -3.49. The lowest BCUT2D eigenvalue weighted by Crippen LogP contribution is -2.17. The number of rotatable bonds is 4. The van der Waals surface area contributed by atoms with Crippen LogP contribution in [0.4, 0.5) is 19.0 Å². The lowest BCUT2D eigenvalue weighted by molar-refractivity contribution is -0.274. The number of anilines is 1. The molecule has 4 aromatic rings. The van der Waals surface area contributed by atoms with Crippen LogP contribution in [0.1, 0.15) is 38.1 Å². The van der Waals surface area contributed by atoms with E-state index in [2.05, 4.69) is 14.8 Å². The molecule has 166 valence electrons. The Bertz CT molecular complexity index is 1260. The summed E-state index contributed by atoms with van der Waals surface area (Å²) in [7, 11) is 0. The predicted molar refractivity (Wildman–Crippen MR) is 114 cm³/mol. The van der Waals surface area contributed by atoms with E-state index in [1.165, 1.54) is 37.5 Å². The van der Waals surface area contributed by atoms with Crippen molar-refractivity contribution in [2.45, 2.75) is 44.5 Å². The smallest absolute Gasteiger partial charge is 0.452 e. The number of benzene rings is 1. The molecule has 9 heteroatoms. The van der Waals surface area contributed by atoms with Gasteiger partial charge in [-0.25, -0.2) is 4.98 Å². The minimum Gasteiger partial charge on any atom is -0.452 e. The van der Waals surface area contributed by atoms with E-state index >= 15 is 0 Å². The molecule has 1 aliphatic carbocycles. The van der Waals surface area contributed by atoms with E-state index in [1.807, 2.05) is 10.9 Å². The van der Waals surface area contributed by atoms with Crippen molar-refractivity contribution in [2.75, 3.05) is 5.73 Å². The predicted octanol–water partition coefficient (Wildman–Crippen LogP) is 6.34. The Morgan fingerprint density at radius 2 is 1.88 bits per heavy atom. The molecule has 3 aromatic heterocycles. The fraction of sp³-hybridized carbons (Fsp3) is 0.304. The van der Waals surface area contributed by atoms with E-state index < -0.39 is 6.36 Å². The average Bonchev–Trinajstić information content (AvgIpc) is 3.42. The molecular formula is C23H21F3N4O2. The zero-order valence-electron chi connectivity index (χ0n) is 17.1. The third-order valence-electron chi connectivity index (χ3n) is 5.80. The Kier molecular flexibility index (Phi) is 5.03. The first-order valence-corrected chi connectivity index (χ1v) is 10.5. The van der Waals surface area contributed by atoms with E-state index in [0.29, 0.717) is 22.9 Å². The summed E-state index contributed by atoms with van der Waals surface area (Å²) >= 11 is 0. The summed E-state index contributed by atoms with van der Waals surface area (Å²) in [5.74, 6) is 0.251. The van der Waals surface area contributed by atoms with Crippen molar-refractivity contribution in [2.24, 2.45) is 0 Å². The maximum Gasteiger partial charge on any atom is 0.573 e. The van der Waals surface area contributed by atoms with E-state index in [9.17, 15) is 13.2 Å². The molecule has 0 spiro atoms. The van der Waals surface area contributed by atoms with Gasteiger partial charge in [0.15, 0.2) is 11.4 Å². The first kappa shape index (κ1) is 20.4. The number of pyridine rings is 1. The van der Waals surface area contributed by atoms with Gasteiger partial charge in [-0.3, -0.25) is 4.68 Å². The Morgan fingerprint density at radius 1 is 1.06 bits per heavy atom. The molecule has 6 nitrogen and oxygen atoms in total. The van der Waals surface area contributed by atoms with Crippen LogP contribution in [0.25, 0.3) is 33.4 Å². The van der Waals surface area contributed by atoms with Crippen LogP contribution in [0.3, 0.4) is 0 Å². The highest BCUT2D eigenvalue weighted by Crippen LogP contribution is 2.38. The molecule has 1 fully saturated rings. The number of furan rings is 1. The van der Waals surface area contributed by atoms with E-state index in [-0.39, 0.29) is 11.6 Å². The maximum absolute atomic E-state index is 12.6. The molecule has 32 heavy (non-hydrogen) atoms.